The second-order valence-electron chi connectivity index (χ2n) is 4.10. The maximum atomic E-state index is 5.24. The molecule has 0 spiro atoms. The van der Waals surface area contributed by atoms with Crippen LogP contribution in [0.4, 0.5) is 0 Å². The average molecular weight is 250 g/mol. The zero-order valence-corrected chi connectivity index (χ0v) is 10.2. The summed E-state index contributed by atoms with van der Waals surface area (Å²) in [7, 11) is 0. The minimum Gasteiger partial charge on any atom is -0.432 e. The number of aromatic nitrogens is 1. The number of hydrogen-bond acceptors (Lipinski definition) is 3. The number of oxazole rings is 1. The highest BCUT2D eigenvalue weighted by Gasteiger charge is 2.11. The molecule has 0 fully saturated rings. The van der Waals surface area contributed by atoms with Crippen LogP contribution in [0.3, 0.4) is 0 Å². The second-order valence-corrected chi connectivity index (χ2v) is 5.01. The summed E-state index contributed by atoms with van der Waals surface area (Å²) >= 11 is 1.75. The van der Waals surface area contributed by atoms with Gasteiger partial charge in [-0.25, -0.2) is 4.98 Å². The van der Waals surface area contributed by atoms with Gasteiger partial charge in [0.2, 0.25) is 0 Å². The van der Waals surface area contributed by atoms with E-state index in [9.17, 15) is 0 Å². The molecular formula is C15H8NOS. The van der Waals surface area contributed by atoms with Crippen LogP contribution in [0.2, 0.25) is 0 Å². The van der Waals surface area contributed by atoms with E-state index in [2.05, 4.69) is 47.1 Å². The van der Waals surface area contributed by atoms with Gasteiger partial charge in [-0.1, -0.05) is 30.3 Å². The molecule has 4 rings (SSSR count). The standard InChI is InChI=1S/C15H8NOS/c1-2-7-14-10(4-1)12(8-18-14)11-5-3-6-13-15(11)16-9-17-13/h1-8H. The van der Waals surface area contributed by atoms with Gasteiger partial charge in [0, 0.05) is 21.2 Å². The van der Waals surface area contributed by atoms with Crippen LogP contribution in [0.15, 0.2) is 52.3 Å². The lowest BCUT2D eigenvalue weighted by molar-refractivity contribution is 0.591. The minimum atomic E-state index is 0.780. The molecule has 0 aliphatic heterocycles. The number of nitrogens with zero attached hydrogens (tertiary/aromatic N) is 1. The Kier molecular flexibility index (Phi) is 2.02. The molecule has 0 aliphatic rings. The molecule has 2 nitrogen and oxygen atoms in total. The second kappa shape index (κ2) is 3.68. The maximum Gasteiger partial charge on any atom is 0.284 e. The Morgan fingerprint density at radius 3 is 2.94 bits per heavy atom. The quantitative estimate of drug-likeness (QED) is 0.496. The van der Waals surface area contributed by atoms with Gasteiger partial charge in [0.25, 0.3) is 6.39 Å². The first-order valence-corrected chi connectivity index (χ1v) is 6.53. The van der Waals surface area contributed by atoms with E-state index in [1.165, 1.54) is 15.6 Å². The fourth-order valence-electron chi connectivity index (χ4n) is 2.24. The van der Waals surface area contributed by atoms with E-state index in [0.29, 0.717) is 0 Å². The number of hydrogen-bond donors (Lipinski definition) is 0. The molecule has 1 radical (unpaired) electrons. The van der Waals surface area contributed by atoms with Crippen molar-refractivity contribution in [2.75, 3.05) is 0 Å². The molecule has 3 heteroatoms. The van der Waals surface area contributed by atoms with Crippen LogP contribution in [0.25, 0.3) is 32.3 Å². The van der Waals surface area contributed by atoms with E-state index < -0.39 is 0 Å². The van der Waals surface area contributed by atoms with Crippen molar-refractivity contribution >= 4 is 32.5 Å². The van der Waals surface area contributed by atoms with E-state index in [1.54, 1.807) is 11.3 Å². The molecule has 85 valence electrons. The third-order valence-corrected chi connectivity index (χ3v) is 4.05. The Morgan fingerprint density at radius 2 is 1.94 bits per heavy atom. The van der Waals surface area contributed by atoms with Crippen molar-refractivity contribution in [2.45, 2.75) is 0 Å². The van der Waals surface area contributed by atoms with Gasteiger partial charge in [-0.2, -0.15) is 0 Å². The zero-order valence-electron chi connectivity index (χ0n) is 9.38. The molecular weight excluding hydrogens is 242 g/mol. The Morgan fingerprint density at radius 1 is 1.00 bits per heavy atom. The Balaban J connectivity index is 2.10. The van der Waals surface area contributed by atoms with Crippen molar-refractivity contribution in [1.29, 1.82) is 0 Å². The van der Waals surface area contributed by atoms with E-state index >= 15 is 0 Å². The Hall–Kier alpha value is -2.13. The van der Waals surface area contributed by atoms with Gasteiger partial charge >= 0.3 is 0 Å². The molecule has 0 N–H and O–H groups in total. The monoisotopic (exact) mass is 250 g/mol. The van der Waals surface area contributed by atoms with E-state index in [-0.39, 0.29) is 0 Å². The van der Waals surface area contributed by atoms with Crippen molar-refractivity contribution in [3.05, 3.63) is 54.2 Å². The molecule has 2 heterocycles. The fourth-order valence-corrected chi connectivity index (χ4v) is 3.20. The van der Waals surface area contributed by atoms with Gasteiger partial charge in [-0.15, -0.1) is 11.3 Å². The summed E-state index contributed by atoms with van der Waals surface area (Å²) in [5, 5.41) is 3.44. The molecule has 0 unspecified atom stereocenters. The van der Waals surface area contributed by atoms with Crippen LogP contribution in [-0.2, 0) is 0 Å². The lowest BCUT2D eigenvalue weighted by atomic mass is 10.0. The molecule has 2 aromatic heterocycles. The summed E-state index contributed by atoms with van der Waals surface area (Å²) in [6.07, 6.45) is 2.57. The number of thiophene rings is 1. The van der Waals surface area contributed by atoms with Gasteiger partial charge in [0.05, 0.1) is 0 Å². The minimum absolute atomic E-state index is 0.780. The molecule has 18 heavy (non-hydrogen) atoms. The van der Waals surface area contributed by atoms with Crippen molar-refractivity contribution in [1.82, 2.24) is 4.98 Å². The van der Waals surface area contributed by atoms with Gasteiger partial charge in [-0.05, 0) is 17.5 Å². The normalized spacial score (nSPS) is 11.3. The van der Waals surface area contributed by atoms with Crippen molar-refractivity contribution in [3.63, 3.8) is 0 Å². The highest BCUT2D eigenvalue weighted by Crippen LogP contribution is 2.36. The molecule has 0 bridgehead atoms. The van der Waals surface area contributed by atoms with Crippen molar-refractivity contribution < 1.29 is 4.42 Å². The Labute approximate surface area is 108 Å². The maximum absolute atomic E-state index is 5.24. The zero-order chi connectivity index (χ0) is 11.9. The van der Waals surface area contributed by atoms with Crippen LogP contribution >= 0.6 is 11.3 Å². The van der Waals surface area contributed by atoms with Gasteiger partial charge in [-0.3, -0.25) is 0 Å². The molecule has 0 saturated carbocycles. The first-order valence-electron chi connectivity index (χ1n) is 5.66. The van der Waals surface area contributed by atoms with Crippen LogP contribution < -0.4 is 0 Å². The third kappa shape index (κ3) is 1.31. The molecule has 0 amide bonds. The summed E-state index contributed by atoms with van der Waals surface area (Å²) in [5.41, 5.74) is 3.97. The largest absolute Gasteiger partial charge is 0.432 e. The number of benzene rings is 2. The highest BCUT2D eigenvalue weighted by atomic mass is 32.1. The predicted molar refractivity (Wildman–Crippen MR) is 73.7 cm³/mol. The smallest absolute Gasteiger partial charge is 0.284 e. The van der Waals surface area contributed by atoms with E-state index in [0.717, 1.165) is 16.7 Å². The average Bonchev–Trinajstić information content (AvgIpc) is 3.05. The first-order chi connectivity index (χ1) is 8.93. The summed E-state index contributed by atoms with van der Waals surface area (Å²) in [6.45, 7) is 0. The summed E-state index contributed by atoms with van der Waals surface area (Å²) in [5.74, 6) is 0. The lowest BCUT2D eigenvalue weighted by Gasteiger charge is -2.00. The summed E-state index contributed by atoms with van der Waals surface area (Å²) in [4.78, 5) is 4.19. The molecule has 2 aromatic carbocycles. The summed E-state index contributed by atoms with van der Waals surface area (Å²) < 4.78 is 6.52. The van der Waals surface area contributed by atoms with Crippen molar-refractivity contribution in [2.24, 2.45) is 0 Å². The van der Waals surface area contributed by atoms with E-state index in [1.807, 2.05) is 12.1 Å². The number of rotatable bonds is 1. The molecule has 0 saturated heterocycles. The van der Waals surface area contributed by atoms with Crippen LogP contribution in [0.5, 0.6) is 0 Å². The Bertz CT molecular complexity index is 844. The number of para-hydroxylation sites is 1. The lowest BCUT2D eigenvalue weighted by Crippen LogP contribution is -1.78. The molecule has 0 atom stereocenters. The molecule has 4 aromatic rings. The van der Waals surface area contributed by atoms with Crippen LogP contribution in [0.1, 0.15) is 0 Å². The van der Waals surface area contributed by atoms with Gasteiger partial charge < -0.3 is 4.42 Å². The van der Waals surface area contributed by atoms with Gasteiger partial charge in [0.15, 0.2) is 5.58 Å². The van der Waals surface area contributed by atoms with Gasteiger partial charge in [0.1, 0.15) is 5.52 Å². The SMILES string of the molecule is [c]1nc2c(-c3csc4ccccc34)cccc2o1. The van der Waals surface area contributed by atoms with Crippen molar-refractivity contribution in [3.8, 4) is 11.1 Å². The fraction of sp³-hybridized carbons (Fsp3) is 0. The predicted octanol–water partition coefficient (Wildman–Crippen LogP) is 4.51. The first kappa shape index (κ1) is 9.85. The van der Waals surface area contributed by atoms with Crippen LogP contribution in [0, 0.1) is 6.39 Å². The third-order valence-electron chi connectivity index (χ3n) is 3.08. The van der Waals surface area contributed by atoms with E-state index in [4.69, 9.17) is 4.42 Å². The molecule has 0 aliphatic carbocycles. The topological polar surface area (TPSA) is 26.0 Å². The summed E-state index contributed by atoms with van der Waals surface area (Å²) in [6, 6.07) is 14.4. The van der Waals surface area contributed by atoms with Crippen LogP contribution in [-0.4, -0.2) is 4.98 Å². The highest BCUT2D eigenvalue weighted by molar-refractivity contribution is 7.17. The number of fused-ring (bicyclic) bond motifs is 2.